The third-order valence-electron chi connectivity index (χ3n) is 6.04. The number of piperazine rings is 1. The van der Waals surface area contributed by atoms with Gasteiger partial charge in [-0.2, -0.15) is 0 Å². The molecular formula is C23H24N4O2. The molecule has 6 heteroatoms. The molecule has 0 spiro atoms. The second kappa shape index (κ2) is 7.37. The largest absolute Gasteiger partial charge is 0.369 e. The summed E-state index contributed by atoms with van der Waals surface area (Å²) < 4.78 is 0. The van der Waals surface area contributed by atoms with Crippen LogP contribution in [0.2, 0.25) is 0 Å². The molecule has 148 valence electrons. The molecule has 6 nitrogen and oxygen atoms in total. The van der Waals surface area contributed by atoms with E-state index in [1.165, 1.54) is 10.6 Å². The molecule has 0 bridgehead atoms. The molecule has 1 N–H and O–H groups in total. The molecular weight excluding hydrogens is 364 g/mol. The van der Waals surface area contributed by atoms with Crippen LogP contribution in [0.3, 0.4) is 0 Å². The predicted molar refractivity (Wildman–Crippen MR) is 113 cm³/mol. The molecule has 3 aromatic rings. The zero-order valence-corrected chi connectivity index (χ0v) is 16.3. The van der Waals surface area contributed by atoms with Crippen molar-refractivity contribution in [2.24, 2.45) is 0 Å². The highest BCUT2D eigenvalue weighted by Gasteiger charge is 2.34. The van der Waals surface area contributed by atoms with Gasteiger partial charge in [0.15, 0.2) is 0 Å². The van der Waals surface area contributed by atoms with E-state index >= 15 is 0 Å². The van der Waals surface area contributed by atoms with Crippen molar-refractivity contribution in [3.8, 4) is 0 Å². The van der Waals surface area contributed by atoms with E-state index in [1.807, 2.05) is 30.3 Å². The van der Waals surface area contributed by atoms with Gasteiger partial charge >= 0.3 is 0 Å². The summed E-state index contributed by atoms with van der Waals surface area (Å²) in [6.07, 6.45) is 0.285. The summed E-state index contributed by atoms with van der Waals surface area (Å²) in [5.41, 5.74) is 3.57. The normalized spacial score (nSPS) is 17.8. The number of amides is 2. The third-order valence-corrected chi connectivity index (χ3v) is 6.04. The molecule has 1 aromatic heterocycles. The van der Waals surface area contributed by atoms with Crippen molar-refractivity contribution in [2.75, 3.05) is 44.2 Å². The number of fused-ring (bicyclic) bond motifs is 3. The monoisotopic (exact) mass is 388 g/mol. The first-order valence-electron chi connectivity index (χ1n) is 10.2. The second-order valence-corrected chi connectivity index (χ2v) is 7.72. The zero-order valence-electron chi connectivity index (χ0n) is 16.3. The summed E-state index contributed by atoms with van der Waals surface area (Å²) in [7, 11) is 0. The Bertz CT molecular complexity index is 1050. The lowest BCUT2D eigenvalue weighted by Gasteiger charge is -2.37. The first-order valence-corrected chi connectivity index (χ1v) is 10.2. The van der Waals surface area contributed by atoms with Crippen LogP contribution in [0.5, 0.6) is 0 Å². The Hall–Kier alpha value is -3.12. The fourth-order valence-corrected chi connectivity index (χ4v) is 4.40. The number of hydrogen-bond acceptors (Lipinski definition) is 4. The van der Waals surface area contributed by atoms with Crippen molar-refractivity contribution in [3.05, 3.63) is 65.9 Å². The van der Waals surface area contributed by atoms with Gasteiger partial charge in [0, 0.05) is 55.9 Å². The van der Waals surface area contributed by atoms with Crippen molar-refractivity contribution in [3.63, 3.8) is 0 Å². The zero-order chi connectivity index (χ0) is 19.8. The summed E-state index contributed by atoms with van der Waals surface area (Å²) in [6.45, 7) is 4.94. The van der Waals surface area contributed by atoms with Crippen LogP contribution >= 0.6 is 0 Å². The molecule has 5 rings (SSSR count). The maximum atomic E-state index is 13.0. The Morgan fingerprint density at radius 3 is 2.34 bits per heavy atom. The Kier molecular flexibility index (Phi) is 4.56. The quantitative estimate of drug-likeness (QED) is 0.698. The SMILES string of the molecule is O=C1Cc2c([nH]c3ccccc23)C(=O)N1CCN1CCN(c2ccccc2)CC1. The third kappa shape index (κ3) is 3.29. The lowest BCUT2D eigenvalue weighted by atomic mass is 10.0. The van der Waals surface area contributed by atoms with Gasteiger partial charge in [0.25, 0.3) is 5.91 Å². The molecule has 0 unspecified atom stereocenters. The van der Waals surface area contributed by atoms with E-state index in [-0.39, 0.29) is 18.2 Å². The van der Waals surface area contributed by atoms with Crippen LogP contribution in [-0.2, 0) is 11.2 Å². The van der Waals surface area contributed by atoms with Crippen LogP contribution in [0.15, 0.2) is 54.6 Å². The van der Waals surface area contributed by atoms with E-state index in [9.17, 15) is 9.59 Å². The van der Waals surface area contributed by atoms with Gasteiger partial charge in [-0.3, -0.25) is 19.4 Å². The first-order chi connectivity index (χ1) is 14.2. The molecule has 2 amide bonds. The number of carbonyl (C=O) groups excluding carboxylic acids is 2. The topological polar surface area (TPSA) is 59.7 Å². The van der Waals surface area contributed by atoms with Crippen LogP contribution in [0, 0.1) is 0 Å². The van der Waals surface area contributed by atoms with E-state index in [0.29, 0.717) is 12.2 Å². The van der Waals surface area contributed by atoms with E-state index in [2.05, 4.69) is 39.0 Å². The van der Waals surface area contributed by atoms with E-state index in [0.717, 1.165) is 49.2 Å². The summed E-state index contributed by atoms with van der Waals surface area (Å²) in [5, 5.41) is 0.973. The molecule has 0 saturated carbocycles. The molecule has 2 aliphatic rings. The van der Waals surface area contributed by atoms with Crippen molar-refractivity contribution in [2.45, 2.75) is 6.42 Å². The number of H-pyrrole nitrogens is 1. The molecule has 1 fully saturated rings. The molecule has 1 saturated heterocycles. The number of carbonyl (C=O) groups is 2. The van der Waals surface area contributed by atoms with Gasteiger partial charge in [-0.15, -0.1) is 0 Å². The lowest BCUT2D eigenvalue weighted by Crippen LogP contribution is -2.51. The fourth-order valence-electron chi connectivity index (χ4n) is 4.40. The van der Waals surface area contributed by atoms with Crippen LogP contribution in [0.1, 0.15) is 16.1 Å². The number of hydrogen-bond donors (Lipinski definition) is 1. The smallest absolute Gasteiger partial charge is 0.277 e. The van der Waals surface area contributed by atoms with E-state index in [4.69, 9.17) is 0 Å². The lowest BCUT2D eigenvalue weighted by molar-refractivity contribution is -0.128. The molecule has 29 heavy (non-hydrogen) atoms. The number of anilines is 1. The van der Waals surface area contributed by atoms with E-state index in [1.54, 1.807) is 0 Å². The highest BCUT2D eigenvalue weighted by Crippen LogP contribution is 2.28. The average molecular weight is 388 g/mol. The number of nitrogens with zero attached hydrogens (tertiary/aromatic N) is 3. The molecule has 0 atom stereocenters. The van der Waals surface area contributed by atoms with Crippen molar-refractivity contribution in [1.29, 1.82) is 0 Å². The highest BCUT2D eigenvalue weighted by atomic mass is 16.2. The maximum absolute atomic E-state index is 13.0. The molecule has 3 heterocycles. The first kappa shape index (κ1) is 17.9. The molecule has 0 aliphatic carbocycles. The van der Waals surface area contributed by atoms with Crippen molar-refractivity contribution < 1.29 is 9.59 Å². The Morgan fingerprint density at radius 2 is 1.55 bits per heavy atom. The van der Waals surface area contributed by atoms with Crippen LogP contribution in [0.4, 0.5) is 5.69 Å². The summed E-state index contributed by atoms with van der Waals surface area (Å²) in [4.78, 5) is 35.0. The number of nitrogens with one attached hydrogen (secondary N) is 1. The van der Waals surface area contributed by atoms with Crippen molar-refractivity contribution in [1.82, 2.24) is 14.8 Å². The van der Waals surface area contributed by atoms with Gasteiger partial charge in [0.2, 0.25) is 5.91 Å². The Labute approximate surface area is 169 Å². The number of imide groups is 1. The van der Waals surface area contributed by atoms with Crippen molar-refractivity contribution >= 4 is 28.4 Å². The van der Waals surface area contributed by atoms with Gasteiger partial charge < -0.3 is 9.88 Å². The number of benzene rings is 2. The number of rotatable bonds is 4. The standard InChI is InChI=1S/C23H24N4O2/c28-21-16-19-18-8-4-5-9-20(18)24-22(19)23(29)27(21)15-12-25-10-13-26(14-11-25)17-6-2-1-3-7-17/h1-9,24H,10-16H2. The van der Waals surface area contributed by atoms with Crippen LogP contribution in [-0.4, -0.2) is 65.9 Å². The second-order valence-electron chi connectivity index (χ2n) is 7.72. The minimum atomic E-state index is -0.199. The predicted octanol–water partition coefficient (Wildman–Crippen LogP) is 2.52. The van der Waals surface area contributed by atoms with Gasteiger partial charge in [0.05, 0.1) is 6.42 Å². The molecule has 0 radical (unpaired) electrons. The highest BCUT2D eigenvalue weighted by molar-refractivity contribution is 6.12. The number of aromatic amines is 1. The van der Waals surface area contributed by atoms with Gasteiger partial charge in [-0.25, -0.2) is 0 Å². The minimum absolute atomic E-state index is 0.102. The molecule has 2 aliphatic heterocycles. The Morgan fingerprint density at radius 1 is 0.828 bits per heavy atom. The van der Waals surface area contributed by atoms with Gasteiger partial charge in [-0.05, 0) is 23.8 Å². The maximum Gasteiger partial charge on any atom is 0.277 e. The minimum Gasteiger partial charge on any atom is -0.369 e. The Balaban J connectivity index is 1.23. The fraction of sp³-hybridized carbons (Fsp3) is 0.304. The van der Waals surface area contributed by atoms with Crippen LogP contribution in [0.25, 0.3) is 10.9 Å². The van der Waals surface area contributed by atoms with Gasteiger partial charge in [0.1, 0.15) is 5.69 Å². The molecule has 2 aromatic carbocycles. The van der Waals surface area contributed by atoms with Gasteiger partial charge in [-0.1, -0.05) is 36.4 Å². The summed E-state index contributed by atoms with van der Waals surface area (Å²) >= 11 is 0. The van der Waals surface area contributed by atoms with Crippen LogP contribution < -0.4 is 4.90 Å². The number of para-hydroxylation sites is 2. The van der Waals surface area contributed by atoms with E-state index < -0.39 is 0 Å². The average Bonchev–Trinajstić information content (AvgIpc) is 3.13. The summed E-state index contributed by atoms with van der Waals surface area (Å²) in [5.74, 6) is -0.300. The summed E-state index contributed by atoms with van der Waals surface area (Å²) in [6, 6.07) is 18.2. The number of aromatic nitrogens is 1.